The topological polar surface area (TPSA) is 81.4 Å². The Hall–Kier alpha value is -2.06. The molecule has 2 aliphatic rings. The molecule has 0 unspecified atom stereocenters. The van der Waals surface area contributed by atoms with Crippen LogP contribution in [0.2, 0.25) is 0 Å². The Balaban J connectivity index is 0.00000144. The van der Waals surface area contributed by atoms with E-state index in [1.807, 2.05) is 25.1 Å². The van der Waals surface area contributed by atoms with E-state index < -0.39 is 0 Å². The average molecular weight is 338 g/mol. The van der Waals surface area contributed by atoms with Gasteiger partial charge in [-0.1, -0.05) is 11.8 Å². The highest BCUT2D eigenvalue weighted by Gasteiger charge is 2.21. The molecule has 0 aliphatic carbocycles. The summed E-state index contributed by atoms with van der Waals surface area (Å²) in [5.41, 5.74) is 2.55. The van der Waals surface area contributed by atoms with E-state index in [-0.39, 0.29) is 24.9 Å². The van der Waals surface area contributed by atoms with Crippen LogP contribution in [0.25, 0.3) is 0 Å². The van der Waals surface area contributed by atoms with Crippen molar-refractivity contribution in [1.82, 2.24) is 14.9 Å². The third-order valence-corrected chi connectivity index (χ3v) is 4.20. The van der Waals surface area contributed by atoms with Gasteiger partial charge in [-0.15, -0.1) is 22.6 Å². The number of nitrogens with zero attached hydrogens (tertiary/aromatic N) is 4. The first-order valence-corrected chi connectivity index (χ1v) is 7.39. The Morgan fingerprint density at radius 2 is 2.23 bits per heavy atom. The summed E-state index contributed by atoms with van der Waals surface area (Å²) in [5, 5.41) is 16.3. The summed E-state index contributed by atoms with van der Waals surface area (Å²) in [6.45, 7) is 1.93. The minimum Gasteiger partial charge on any atom is -0.482 e. The van der Waals surface area contributed by atoms with E-state index in [4.69, 9.17) is 4.74 Å². The number of hydrogen-bond donors (Lipinski definition) is 1. The zero-order chi connectivity index (χ0) is 14.4. The zero-order valence-corrected chi connectivity index (χ0v) is 13.2. The fourth-order valence-electron chi connectivity index (χ4n) is 2.23. The monoisotopic (exact) mass is 337 g/mol. The molecule has 22 heavy (non-hydrogen) atoms. The summed E-state index contributed by atoms with van der Waals surface area (Å²) in [5.74, 6) is 2.01. The molecule has 0 atom stereocenters. The third-order valence-electron chi connectivity index (χ3n) is 3.27. The number of hydrogen-bond acceptors (Lipinski definition) is 6. The fourth-order valence-corrected chi connectivity index (χ4v) is 3.11. The molecule has 0 saturated carbocycles. The number of benzene rings is 1. The minimum atomic E-state index is -0.142. The summed E-state index contributed by atoms with van der Waals surface area (Å²) in [6, 6.07) is 5.68. The van der Waals surface area contributed by atoms with Crippen LogP contribution in [0.15, 0.2) is 28.5 Å². The lowest BCUT2D eigenvalue weighted by molar-refractivity contribution is -0.118. The molecule has 1 amide bonds. The van der Waals surface area contributed by atoms with Crippen LogP contribution in [-0.2, 0) is 4.79 Å². The number of ether oxygens (including phenoxy) is 1. The highest BCUT2D eigenvalue weighted by atomic mass is 35.5. The van der Waals surface area contributed by atoms with Gasteiger partial charge in [-0.3, -0.25) is 4.79 Å². The van der Waals surface area contributed by atoms with E-state index in [9.17, 15) is 4.79 Å². The van der Waals surface area contributed by atoms with Crippen molar-refractivity contribution in [1.29, 1.82) is 0 Å². The largest absolute Gasteiger partial charge is 0.482 e. The van der Waals surface area contributed by atoms with Gasteiger partial charge in [-0.05, 0) is 25.1 Å². The van der Waals surface area contributed by atoms with Crippen molar-refractivity contribution in [3.8, 4) is 5.75 Å². The van der Waals surface area contributed by atoms with Crippen molar-refractivity contribution in [2.75, 3.05) is 17.7 Å². The standard InChI is InChI=1S/C13H11N5O2S.ClH/c1-7-15-16-13-18(7)17-10(6-21-13)8-2-3-11-9(4-8)14-12(19)5-20-11;/h2-4H,5-6H2,1H3,(H,14,19);1H. The number of rotatable bonds is 1. The molecule has 2 aliphatic heterocycles. The fraction of sp³-hybridized carbons (Fsp3) is 0.231. The van der Waals surface area contributed by atoms with Crippen molar-refractivity contribution >= 4 is 41.5 Å². The Morgan fingerprint density at radius 3 is 3.09 bits per heavy atom. The number of halogens is 1. The van der Waals surface area contributed by atoms with Crippen LogP contribution in [0.1, 0.15) is 11.4 Å². The van der Waals surface area contributed by atoms with Crippen LogP contribution < -0.4 is 10.1 Å². The van der Waals surface area contributed by atoms with Gasteiger partial charge in [-0.2, -0.15) is 9.78 Å². The van der Waals surface area contributed by atoms with Gasteiger partial charge in [0.25, 0.3) is 5.91 Å². The summed E-state index contributed by atoms with van der Waals surface area (Å²) >= 11 is 1.59. The smallest absolute Gasteiger partial charge is 0.262 e. The Kier molecular flexibility index (Phi) is 3.79. The number of fused-ring (bicyclic) bond motifs is 2. The first-order valence-electron chi connectivity index (χ1n) is 6.40. The molecule has 0 spiro atoms. The zero-order valence-electron chi connectivity index (χ0n) is 11.6. The van der Waals surface area contributed by atoms with Gasteiger partial charge in [0.05, 0.1) is 11.4 Å². The van der Waals surface area contributed by atoms with Crippen molar-refractivity contribution in [3.05, 3.63) is 29.6 Å². The molecule has 0 bridgehead atoms. The number of thioether (sulfide) groups is 1. The Morgan fingerprint density at radius 1 is 1.36 bits per heavy atom. The van der Waals surface area contributed by atoms with Gasteiger partial charge >= 0.3 is 0 Å². The molecular formula is C13H12ClN5O2S. The van der Waals surface area contributed by atoms with Crippen LogP contribution in [0.3, 0.4) is 0 Å². The van der Waals surface area contributed by atoms with E-state index in [2.05, 4.69) is 20.6 Å². The summed E-state index contributed by atoms with van der Waals surface area (Å²) in [6.07, 6.45) is 0. The van der Waals surface area contributed by atoms with Gasteiger partial charge in [0.2, 0.25) is 5.16 Å². The summed E-state index contributed by atoms with van der Waals surface area (Å²) in [7, 11) is 0. The summed E-state index contributed by atoms with van der Waals surface area (Å²) in [4.78, 5) is 11.4. The first-order chi connectivity index (χ1) is 10.2. The number of carbonyl (C=O) groups excluding carboxylic acids is 1. The SMILES string of the molecule is Cc1nnc2n1N=C(c1ccc3c(c1)NC(=O)CO3)CS2.Cl. The molecule has 3 heterocycles. The second-order valence-corrected chi connectivity index (χ2v) is 5.67. The molecule has 0 saturated heterocycles. The van der Waals surface area contributed by atoms with Crippen molar-refractivity contribution in [2.45, 2.75) is 12.1 Å². The average Bonchev–Trinajstić information content (AvgIpc) is 2.87. The lowest BCUT2D eigenvalue weighted by Gasteiger charge is -2.19. The highest BCUT2D eigenvalue weighted by molar-refractivity contribution is 7.99. The Bertz CT molecular complexity index is 789. The third kappa shape index (κ3) is 2.44. The van der Waals surface area contributed by atoms with Gasteiger partial charge < -0.3 is 10.1 Å². The second kappa shape index (κ2) is 5.62. The minimum absolute atomic E-state index is 0. The maximum absolute atomic E-state index is 11.4. The molecule has 2 aromatic rings. The maximum Gasteiger partial charge on any atom is 0.262 e. The van der Waals surface area contributed by atoms with Crippen LogP contribution in [0.4, 0.5) is 5.69 Å². The predicted molar refractivity (Wildman–Crippen MR) is 85.2 cm³/mol. The van der Waals surface area contributed by atoms with E-state index in [1.165, 1.54) is 0 Å². The number of aryl methyl sites for hydroxylation is 1. The first kappa shape index (κ1) is 14.9. The molecule has 1 aromatic carbocycles. The maximum atomic E-state index is 11.4. The van der Waals surface area contributed by atoms with E-state index in [0.29, 0.717) is 17.2 Å². The molecular weight excluding hydrogens is 326 g/mol. The van der Waals surface area contributed by atoms with Crippen molar-refractivity contribution in [2.24, 2.45) is 5.10 Å². The van der Waals surface area contributed by atoms with Gasteiger partial charge in [-0.25, -0.2) is 0 Å². The van der Waals surface area contributed by atoms with Crippen LogP contribution in [-0.4, -0.2) is 38.9 Å². The van der Waals surface area contributed by atoms with Gasteiger partial charge in [0.1, 0.15) is 5.75 Å². The van der Waals surface area contributed by atoms with Crippen LogP contribution in [0.5, 0.6) is 5.75 Å². The molecule has 9 heteroatoms. The second-order valence-electron chi connectivity index (χ2n) is 4.72. The molecule has 0 fully saturated rings. The number of nitrogens with one attached hydrogen (secondary N) is 1. The molecule has 4 rings (SSSR count). The highest BCUT2D eigenvalue weighted by Crippen LogP contribution is 2.30. The molecule has 0 radical (unpaired) electrons. The van der Waals surface area contributed by atoms with Crippen molar-refractivity contribution < 1.29 is 9.53 Å². The van der Waals surface area contributed by atoms with E-state index in [1.54, 1.807) is 16.4 Å². The lowest BCUT2D eigenvalue weighted by Crippen LogP contribution is -2.25. The lowest BCUT2D eigenvalue weighted by atomic mass is 10.1. The molecule has 7 nitrogen and oxygen atoms in total. The number of aromatic nitrogens is 3. The molecule has 1 aromatic heterocycles. The molecule has 1 N–H and O–H groups in total. The Labute approximate surface area is 136 Å². The number of carbonyl (C=O) groups is 1. The van der Waals surface area contributed by atoms with E-state index in [0.717, 1.165) is 22.3 Å². The van der Waals surface area contributed by atoms with Crippen molar-refractivity contribution in [3.63, 3.8) is 0 Å². The van der Waals surface area contributed by atoms with Gasteiger partial charge in [0, 0.05) is 11.3 Å². The number of anilines is 1. The summed E-state index contributed by atoms with van der Waals surface area (Å²) < 4.78 is 7.09. The quantitative estimate of drug-likeness (QED) is 0.856. The molecule has 114 valence electrons. The van der Waals surface area contributed by atoms with Crippen LogP contribution >= 0.6 is 24.2 Å². The number of amides is 1. The normalized spacial score (nSPS) is 15.7. The van der Waals surface area contributed by atoms with Gasteiger partial charge in [0.15, 0.2) is 12.4 Å². The van der Waals surface area contributed by atoms with E-state index >= 15 is 0 Å². The predicted octanol–water partition coefficient (Wildman–Crippen LogP) is 1.70. The van der Waals surface area contributed by atoms with Crippen LogP contribution in [0, 0.1) is 6.92 Å².